The maximum Gasteiger partial charge on any atom is 0.271 e. The number of amides is 1. The Hall–Kier alpha value is -3.02. The lowest BCUT2D eigenvalue weighted by molar-refractivity contribution is 0.0955. The van der Waals surface area contributed by atoms with Crippen LogP contribution < -0.4 is 15.1 Å². The number of nitrogens with one attached hydrogen (secondary N) is 1. The predicted molar refractivity (Wildman–Crippen MR) is 99.7 cm³/mol. The predicted octanol–water partition coefficient (Wildman–Crippen LogP) is 3.01. The van der Waals surface area contributed by atoms with Gasteiger partial charge in [0.05, 0.1) is 13.3 Å². The molecule has 0 radical (unpaired) electrons. The van der Waals surface area contributed by atoms with E-state index < -0.39 is 0 Å². The van der Waals surface area contributed by atoms with Gasteiger partial charge in [0.1, 0.15) is 0 Å². The van der Waals surface area contributed by atoms with Gasteiger partial charge in [-0.3, -0.25) is 4.79 Å². The number of aromatic hydroxyl groups is 1. The number of anilines is 1. The Bertz CT molecular complexity index is 738. The molecule has 0 fully saturated rings. The highest BCUT2D eigenvalue weighted by atomic mass is 16.5. The third-order valence-electron chi connectivity index (χ3n) is 3.84. The summed E-state index contributed by atoms with van der Waals surface area (Å²) in [5.41, 5.74) is 4.81. The van der Waals surface area contributed by atoms with Crippen LogP contribution in [-0.4, -0.2) is 37.4 Å². The van der Waals surface area contributed by atoms with Crippen LogP contribution in [0.3, 0.4) is 0 Å². The molecule has 132 valence electrons. The lowest BCUT2D eigenvalue weighted by Gasteiger charge is -2.20. The molecule has 2 aromatic carbocycles. The molecule has 1 amide bonds. The molecule has 0 aliphatic carbocycles. The van der Waals surface area contributed by atoms with Gasteiger partial charge in [-0.2, -0.15) is 5.10 Å². The van der Waals surface area contributed by atoms with Crippen molar-refractivity contribution in [2.75, 3.05) is 25.1 Å². The minimum Gasteiger partial charge on any atom is -0.504 e. The zero-order valence-electron chi connectivity index (χ0n) is 14.7. The minimum atomic E-state index is -0.284. The highest BCUT2D eigenvalue weighted by Gasteiger charge is 2.06. The number of carbonyl (C=O) groups excluding carboxylic acids is 1. The molecule has 0 aromatic heterocycles. The van der Waals surface area contributed by atoms with Crippen molar-refractivity contribution < 1.29 is 14.6 Å². The average molecular weight is 341 g/mol. The van der Waals surface area contributed by atoms with Gasteiger partial charge in [0.25, 0.3) is 5.91 Å². The Morgan fingerprint density at radius 1 is 1.20 bits per heavy atom. The Morgan fingerprint density at radius 3 is 2.48 bits per heavy atom. The lowest BCUT2D eigenvalue weighted by atomic mass is 10.2. The zero-order chi connectivity index (χ0) is 18.2. The largest absolute Gasteiger partial charge is 0.504 e. The minimum absolute atomic E-state index is 0.0528. The Morgan fingerprint density at radius 2 is 1.88 bits per heavy atom. The molecule has 0 unspecified atom stereocenters. The summed E-state index contributed by atoms with van der Waals surface area (Å²) < 4.78 is 5.03. The molecular weight excluding hydrogens is 318 g/mol. The first-order valence-electron chi connectivity index (χ1n) is 8.14. The van der Waals surface area contributed by atoms with Gasteiger partial charge in [-0.25, -0.2) is 5.43 Å². The zero-order valence-corrected chi connectivity index (χ0v) is 14.7. The number of phenolic OH excluding ortho intramolecular Hbond substituents is 1. The van der Waals surface area contributed by atoms with Crippen LogP contribution >= 0.6 is 0 Å². The summed E-state index contributed by atoms with van der Waals surface area (Å²) in [7, 11) is 1.47. The number of nitrogens with zero attached hydrogens (tertiary/aromatic N) is 2. The molecule has 0 aliphatic heterocycles. The van der Waals surface area contributed by atoms with Crippen LogP contribution in [0.25, 0.3) is 0 Å². The van der Waals surface area contributed by atoms with E-state index in [-0.39, 0.29) is 11.7 Å². The Kier molecular flexibility index (Phi) is 6.39. The topological polar surface area (TPSA) is 74.2 Å². The number of rotatable bonds is 7. The number of phenols is 1. The summed E-state index contributed by atoms with van der Waals surface area (Å²) in [6.45, 7) is 6.03. The molecule has 25 heavy (non-hydrogen) atoms. The summed E-state index contributed by atoms with van der Waals surface area (Å²) in [5.74, 6) is 0.118. The average Bonchev–Trinajstić information content (AvgIpc) is 2.64. The SMILES string of the molecule is CCN(CC)c1ccc(C(=O)N/N=C/c2ccc(O)c(OC)c2)cc1. The molecular formula is C19H23N3O3. The third-order valence-corrected chi connectivity index (χ3v) is 3.84. The molecule has 0 heterocycles. The van der Waals surface area contributed by atoms with Crippen LogP contribution in [0, 0.1) is 0 Å². The number of ether oxygens (including phenoxy) is 1. The standard InChI is InChI=1S/C19H23N3O3/c1-4-22(5-2)16-9-7-15(8-10-16)19(24)21-20-13-14-6-11-17(23)18(12-14)25-3/h6-13,23H,4-5H2,1-3H3,(H,21,24)/b20-13+. The van der Waals surface area contributed by atoms with Gasteiger partial charge < -0.3 is 14.7 Å². The first-order chi connectivity index (χ1) is 12.1. The van der Waals surface area contributed by atoms with Crippen molar-refractivity contribution in [1.29, 1.82) is 0 Å². The van der Waals surface area contributed by atoms with E-state index in [9.17, 15) is 9.90 Å². The highest BCUT2D eigenvalue weighted by molar-refractivity contribution is 5.95. The number of carbonyl (C=O) groups is 1. The van der Waals surface area contributed by atoms with Crippen LogP contribution in [-0.2, 0) is 0 Å². The van der Waals surface area contributed by atoms with Crippen molar-refractivity contribution in [2.24, 2.45) is 5.10 Å². The Labute approximate surface area is 147 Å². The molecule has 6 nitrogen and oxygen atoms in total. The normalized spacial score (nSPS) is 10.7. The molecule has 0 bridgehead atoms. The molecule has 0 saturated heterocycles. The van der Waals surface area contributed by atoms with E-state index in [0.29, 0.717) is 16.9 Å². The molecule has 6 heteroatoms. The van der Waals surface area contributed by atoms with E-state index in [0.717, 1.165) is 18.8 Å². The Balaban J connectivity index is 2.00. The molecule has 2 aromatic rings. The van der Waals surface area contributed by atoms with Crippen molar-refractivity contribution in [3.05, 3.63) is 53.6 Å². The number of hydrogen-bond donors (Lipinski definition) is 2. The van der Waals surface area contributed by atoms with Gasteiger partial charge in [0, 0.05) is 24.3 Å². The van der Waals surface area contributed by atoms with E-state index in [1.54, 1.807) is 24.3 Å². The summed E-state index contributed by atoms with van der Waals surface area (Å²) in [6, 6.07) is 12.2. The van der Waals surface area contributed by atoms with Gasteiger partial charge in [0.2, 0.25) is 0 Å². The van der Waals surface area contributed by atoms with E-state index in [1.165, 1.54) is 19.4 Å². The van der Waals surface area contributed by atoms with Crippen molar-refractivity contribution in [1.82, 2.24) is 5.43 Å². The second-order valence-electron chi connectivity index (χ2n) is 5.35. The summed E-state index contributed by atoms with van der Waals surface area (Å²) in [5, 5.41) is 13.5. The maximum atomic E-state index is 12.1. The van der Waals surface area contributed by atoms with Crippen molar-refractivity contribution in [3.63, 3.8) is 0 Å². The fraction of sp³-hybridized carbons (Fsp3) is 0.263. The molecule has 0 atom stereocenters. The van der Waals surface area contributed by atoms with E-state index in [1.807, 2.05) is 12.1 Å². The summed E-state index contributed by atoms with van der Waals surface area (Å²) >= 11 is 0. The van der Waals surface area contributed by atoms with Crippen LogP contribution in [0.4, 0.5) is 5.69 Å². The van der Waals surface area contributed by atoms with Gasteiger partial charge in [-0.05, 0) is 61.9 Å². The van der Waals surface area contributed by atoms with Gasteiger partial charge >= 0.3 is 0 Å². The fourth-order valence-electron chi connectivity index (χ4n) is 2.42. The first kappa shape index (κ1) is 18.3. The summed E-state index contributed by atoms with van der Waals surface area (Å²) in [6.07, 6.45) is 1.49. The maximum absolute atomic E-state index is 12.1. The second kappa shape index (κ2) is 8.73. The molecule has 0 saturated carbocycles. The van der Waals surface area contributed by atoms with Gasteiger partial charge in [-0.1, -0.05) is 0 Å². The number of methoxy groups -OCH3 is 1. The van der Waals surface area contributed by atoms with Gasteiger partial charge in [-0.15, -0.1) is 0 Å². The van der Waals surface area contributed by atoms with Crippen molar-refractivity contribution in [2.45, 2.75) is 13.8 Å². The molecule has 2 rings (SSSR count). The third kappa shape index (κ3) is 4.73. The lowest BCUT2D eigenvalue weighted by Crippen LogP contribution is -2.22. The molecule has 0 aliphatic rings. The quantitative estimate of drug-likeness (QED) is 0.600. The van der Waals surface area contributed by atoms with Gasteiger partial charge in [0.15, 0.2) is 11.5 Å². The number of benzene rings is 2. The van der Waals surface area contributed by atoms with E-state index >= 15 is 0 Å². The van der Waals surface area contributed by atoms with E-state index in [2.05, 4.69) is 29.3 Å². The van der Waals surface area contributed by atoms with Crippen LogP contribution in [0.15, 0.2) is 47.6 Å². The van der Waals surface area contributed by atoms with Crippen molar-refractivity contribution >= 4 is 17.8 Å². The molecule has 2 N–H and O–H groups in total. The monoisotopic (exact) mass is 341 g/mol. The van der Waals surface area contributed by atoms with Crippen LogP contribution in [0.5, 0.6) is 11.5 Å². The van der Waals surface area contributed by atoms with E-state index in [4.69, 9.17) is 4.74 Å². The van der Waals surface area contributed by atoms with Crippen LogP contribution in [0.2, 0.25) is 0 Å². The van der Waals surface area contributed by atoms with Crippen LogP contribution in [0.1, 0.15) is 29.8 Å². The number of hydrogen-bond acceptors (Lipinski definition) is 5. The first-order valence-corrected chi connectivity index (χ1v) is 8.14. The summed E-state index contributed by atoms with van der Waals surface area (Å²) in [4.78, 5) is 14.3. The fourth-order valence-corrected chi connectivity index (χ4v) is 2.42. The van der Waals surface area contributed by atoms with Crippen molar-refractivity contribution in [3.8, 4) is 11.5 Å². The highest BCUT2D eigenvalue weighted by Crippen LogP contribution is 2.25. The number of hydrazone groups is 1. The molecule has 0 spiro atoms. The second-order valence-corrected chi connectivity index (χ2v) is 5.35. The smallest absolute Gasteiger partial charge is 0.271 e.